The van der Waals surface area contributed by atoms with Gasteiger partial charge in [-0.15, -0.1) is 0 Å². The summed E-state index contributed by atoms with van der Waals surface area (Å²) in [6, 6.07) is 3.27. The number of rotatable bonds is 0. The third-order valence-corrected chi connectivity index (χ3v) is 3.42. The summed E-state index contributed by atoms with van der Waals surface area (Å²) in [6.07, 6.45) is 7.10. The van der Waals surface area contributed by atoms with Crippen molar-refractivity contribution in [1.82, 2.24) is 15.0 Å². The van der Waals surface area contributed by atoms with Gasteiger partial charge in [-0.05, 0) is 12.1 Å². The molecule has 0 saturated heterocycles. The number of alkyl halides is 2. The molecule has 3 aromatic rings. The molecule has 1 aliphatic carbocycles. The van der Waals surface area contributed by atoms with Gasteiger partial charge in [0, 0.05) is 47.3 Å². The zero-order valence-electron chi connectivity index (χ0n) is 9.64. The topological polar surface area (TPSA) is 38.7 Å². The van der Waals surface area contributed by atoms with Crippen LogP contribution in [-0.2, 0) is 5.92 Å². The molecule has 4 rings (SSSR count). The third kappa shape index (κ3) is 1.22. The number of pyridine rings is 3. The average Bonchev–Trinajstić information content (AvgIpc) is 2.45. The summed E-state index contributed by atoms with van der Waals surface area (Å²) in [4.78, 5) is 12.0. The number of hydrogen-bond acceptors (Lipinski definition) is 3. The van der Waals surface area contributed by atoms with Gasteiger partial charge in [0.25, 0.3) is 0 Å². The molecule has 0 saturated carbocycles. The van der Waals surface area contributed by atoms with Crippen LogP contribution in [-0.4, -0.2) is 15.0 Å². The van der Waals surface area contributed by atoms with Gasteiger partial charge in [-0.25, -0.2) is 0 Å². The van der Waals surface area contributed by atoms with Gasteiger partial charge in [-0.1, -0.05) is 0 Å². The molecular weight excluding hydrogens is 248 g/mol. The van der Waals surface area contributed by atoms with E-state index in [1.54, 1.807) is 24.5 Å². The molecular formula is C14H7F2N3. The van der Waals surface area contributed by atoms with E-state index in [4.69, 9.17) is 0 Å². The molecule has 0 radical (unpaired) electrons. The molecule has 3 nitrogen and oxygen atoms in total. The van der Waals surface area contributed by atoms with Gasteiger partial charge >= 0.3 is 5.92 Å². The van der Waals surface area contributed by atoms with Crippen LogP contribution in [0, 0.1) is 0 Å². The lowest BCUT2D eigenvalue weighted by atomic mass is 9.86. The van der Waals surface area contributed by atoms with Crippen molar-refractivity contribution in [2.45, 2.75) is 5.92 Å². The van der Waals surface area contributed by atoms with E-state index in [0.717, 1.165) is 0 Å². The van der Waals surface area contributed by atoms with Crippen LogP contribution in [0.1, 0.15) is 11.1 Å². The fourth-order valence-corrected chi connectivity index (χ4v) is 2.56. The summed E-state index contributed by atoms with van der Waals surface area (Å²) in [7, 11) is 0. The minimum absolute atomic E-state index is 0.103. The molecule has 0 fully saturated rings. The lowest BCUT2D eigenvalue weighted by Gasteiger charge is -2.26. The first-order valence-corrected chi connectivity index (χ1v) is 5.75. The Morgan fingerprint density at radius 2 is 1.74 bits per heavy atom. The minimum Gasteiger partial charge on any atom is -0.264 e. The number of hydrogen-bond donors (Lipinski definition) is 0. The lowest BCUT2D eigenvalue weighted by Crippen LogP contribution is -2.21. The van der Waals surface area contributed by atoms with Crippen molar-refractivity contribution in [2.75, 3.05) is 0 Å². The number of fused-ring (bicyclic) bond motifs is 2. The zero-order valence-corrected chi connectivity index (χ0v) is 9.64. The van der Waals surface area contributed by atoms with Crippen LogP contribution in [0.5, 0.6) is 0 Å². The monoisotopic (exact) mass is 255 g/mol. The Morgan fingerprint density at radius 3 is 2.63 bits per heavy atom. The van der Waals surface area contributed by atoms with E-state index in [0.29, 0.717) is 22.0 Å². The van der Waals surface area contributed by atoms with Gasteiger partial charge in [0.1, 0.15) is 0 Å². The normalized spacial score (nSPS) is 15.3. The van der Waals surface area contributed by atoms with Crippen molar-refractivity contribution in [3.63, 3.8) is 0 Å². The molecule has 0 N–H and O–H groups in total. The summed E-state index contributed by atoms with van der Waals surface area (Å²) in [6.45, 7) is 0. The Balaban J connectivity index is 2.28. The van der Waals surface area contributed by atoms with E-state index in [9.17, 15) is 8.78 Å². The molecule has 0 amide bonds. The maximum atomic E-state index is 14.5. The molecule has 3 aromatic heterocycles. The van der Waals surface area contributed by atoms with Gasteiger partial charge in [-0.3, -0.25) is 15.0 Å². The molecule has 0 spiro atoms. The summed E-state index contributed by atoms with van der Waals surface area (Å²) in [5, 5.41) is 1.14. The van der Waals surface area contributed by atoms with E-state index in [2.05, 4.69) is 15.0 Å². The minimum atomic E-state index is -3.09. The van der Waals surface area contributed by atoms with Gasteiger partial charge in [-0.2, -0.15) is 8.78 Å². The molecule has 92 valence electrons. The second-order valence-electron chi connectivity index (χ2n) is 4.44. The first kappa shape index (κ1) is 10.5. The zero-order chi connectivity index (χ0) is 13.0. The van der Waals surface area contributed by atoms with Gasteiger partial charge in [0.2, 0.25) is 0 Å². The maximum absolute atomic E-state index is 14.5. The molecule has 1 aliphatic rings. The van der Waals surface area contributed by atoms with Crippen molar-refractivity contribution in [3.8, 4) is 11.3 Å². The van der Waals surface area contributed by atoms with Gasteiger partial charge in [0.15, 0.2) is 0 Å². The summed E-state index contributed by atoms with van der Waals surface area (Å²) in [5.74, 6) is -3.09. The number of halogens is 2. The standard InChI is InChI=1S/C14H7F2N3/c15-14(16)10-6-17-3-2-9(10)13-12-8(1-4-19-13)5-18-7-11(12)14/h1-7H. The van der Waals surface area contributed by atoms with E-state index >= 15 is 0 Å². The van der Waals surface area contributed by atoms with Crippen molar-refractivity contribution in [3.05, 3.63) is 54.2 Å². The molecule has 0 aliphatic heterocycles. The molecule has 19 heavy (non-hydrogen) atoms. The van der Waals surface area contributed by atoms with Crippen molar-refractivity contribution in [2.24, 2.45) is 0 Å². The molecule has 0 unspecified atom stereocenters. The Labute approximate surface area is 107 Å². The average molecular weight is 255 g/mol. The maximum Gasteiger partial charge on any atom is 0.302 e. The van der Waals surface area contributed by atoms with E-state index in [-0.39, 0.29) is 11.1 Å². The van der Waals surface area contributed by atoms with E-state index in [1.807, 2.05) is 0 Å². The van der Waals surface area contributed by atoms with Gasteiger partial charge < -0.3 is 0 Å². The smallest absolute Gasteiger partial charge is 0.264 e. The fraction of sp³-hybridized carbons (Fsp3) is 0.0714. The first-order chi connectivity index (χ1) is 9.19. The summed E-state index contributed by atoms with van der Waals surface area (Å²) < 4.78 is 29.1. The van der Waals surface area contributed by atoms with Crippen LogP contribution < -0.4 is 0 Å². The van der Waals surface area contributed by atoms with E-state index < -0.39 is 5.92 Å². The van der Waals surface area contributed by atoms with E-state index in [1.165, 1.54) is 18.6 Å². The van der Waals surface area contributed by atoms with Crippen LogP contribution in [0.2, 0.25) is 0 Å². The quantitative estimate of drug-likeness (QED) is 0.619. The van der Waals surface area contributed by atoms with Crippen LogP contribution in [0.15, 0.2) is 43.1 Å². The SMILES string of the molecule is FC1(F)c2cnccc2-c2nccc3cncc1c23. The first-order valence-electron chi connectivity index (χ1n) is 5.75. The number of aromatic nitrogens is 3. The lowest BCUT2D eigenvalue weighted by molar-refractivity contribution is 0.0435. The summed E-state index contributed by atoms with van der Waals surface area (Å²) in [5.41, 5.74) is 0.784. The predicted octanol–water partition coefficient (Wildman–Crippen LogP) is 3.15. The second kappa shape index (κ2) is 3.32. The molecule has 0 bridgehead atoms. The van der Waals surface area contributed by atoms with Crippen molar-refractivity contribution < 1.29 is 8.78 Å². The van der Waals surface area contributed by atoms with Crippen LogP contribution in [0.3, 0.4) is 0 Å². The highest BCUT2D eigenvalue weighted by Gasteiger charge is 2.42. The van der Waals surface area contributed by atoms with Crippen molar-refractivity contribution >= 4 is 10.8 Å². The Hall–Kier alpha value is -2.43. The second-order valence-corrected chi connectivity index (χ2v) is 4.44. The molecule has 0 aromatic carbocycles. The third-order valence-electron chi connectivity index (χ3n) is 3.42. The largest absolute Gasteiger partial charge is 0.302 e. The molecule has 5 heteroatoms. The van der Waals surface area contributed by atoms with Crippen LogP contribution >= 0.6 is 0 Å². The Kier molecular flexibility index (Phi) is 1.83. The molecule has 3 heterocycles. The Bertz CT molecular complexity index is 809. The van der Waals surface area contributed by atoms with Gasteiger partial charge in [0.05, 0.1) is 16.8 Å². The van der Waals surface area contributed by atoms with Crippen LogP contribution in [0.25, 0.3) is 22.0 Å². The highest BCUT2D eigenvalue weighted by Crippen LogP contribution is 2.48. The predicted molar refractivity (Wildman–Crippen MR) is 65.8 cm³/mol. The molecule has 0 atom stereocenters. The fourth-order valence-electron chi connectivity index (χ4n) is 2.56. The Morgan fingerprint density at radius 1 is 0.895 bits per heavy atom. The van der Waals surface area contributed by atoms with Crippen LogP contribution in [0.4, 0.5) is 8.78 Å². The highest BCUT2D eigenvalue weighted by molar-refractivity contribution is 6.00. The van der Waals surface area contributed by atoms with Crippen molar-refractivity contribution in [1.29, 1.82) is 0 Å². The summed E-state index contributed by atoms with van der Waals surface area (Å²) >= 11 is 0. The number of nitrogens with zero attached hydrogens (tertiary/aromatic N) is 3. The highest BCUT2D eigenvalue weighted by atomic mass is 19.3.